The Balaban J connectivity index is 2.30. The number of rotatable bonds is 6. The maximum absolute atomic E-state index is 12.6. The molecule has 0 saturated heterocycles. The largest absolute Gasteiger partial charge is 0.468 e. The van der Waals surface area contributed by atoms with Crippen molar-refractivity contribution in [3.8, 4) is 0 Å². The lowest BCUT2D eigenvalue weighted by atomic mass is 10.0. The van der Waals surface area contributed by atoms with E-state index in [1.54, 1.807) is 13.0 Å². The van der Waals surface area contributed by atoms with Gasteiger partial charge < -0.3 is 10.1 Å². The fourth-order valence-electron chi connectivity index (χ4n) is 2.62. The van der Waals surface area contributed by atoms with Crippen molar-refractivity contribution in [1.29, 1.82) is 0 Å². The molecule has 1 aliphatic rings. The molecule has 0 bridgehead atoms. The molecule has 7 nitrogen and oxygen atoms in total. The summed E-state index contributed by atoms with van der Waals surface area (Å²) in [6.07, 6.45) is 0.327. The second kappa shape index (κ2) is 6.90. The minimum absolute atomic E-state index is 0.0160. The number of amides is 1. The van der Waals surface area contributed by atoms with E-state index in [4.69, 9.17) is 0 Å². The lowest BCUT2D eigenvalue weighted by Gasteiger charge is -2.18. The Kier molecular flexibility index (Phi) is 5.29. The number of methoxy groups -OCH3 is 1. The van der Waals surface area contributed by atoms with Crippen LogP contribution < -0.4 is 10.0 Å². The molecule has 0 aromatic heterocycles. The maximum atomic E-state index is 12.6. The molecule has 2 rings (SSSR count). The van der Waals surface area contributed by atoms with Crippen molar-refractivity contribution in [2.75, 3.05) is 12.4 Å². The normalized spacial score (nSPS) is 18.2. The zero-order valence-corrected chi connectivity index (χ0v) is 14.9. The predicted octanol–water partition coefficient (Wildman–Crippen LogP) is 1.61. The number of hydrogen-bond acceptors (Lipinski definition) is 5. The lowest BCUT2D eigenvalue weighted by molar-refractivity contribution is -0.143. The van der Waals surface area contributed by atoms with Crippen LogP contribution in [0.5, 0.6) is 0 Å². The number of benzene rings is 1. The van der Waals surface area contributed by atoms with Crippen LogP contribution in [-0.2, 0) is 24.3 Å². The Morgan fingerprint density at radius 1 is 1.38 bits per heavy atom. The highest BCUT2D eigenvalue weighted by Crippen LogP contribution is 2.33. The topological polar surface area (TPSA) is 102 Å². The van der Waals surface area contributed by atoms with Crippen molar-refractivity contribution in [1.82, 2.24) is 4.72 Å². The first-order valence-electron chi connectivity index (χ1n) is 7.70. The molecular formula is C16H22N2O5S. The Labute approximate surface area is 141 Å². The number of nitrogens with one attached hydrogen (secondary N) is 2. The summed E-state index contributed by atoms with van der Waals surface area (Å²) in [4.78, 5) is 23.5. The second-order valence-electron chi connectivity index (χ2n) is 6.29. The van der Waals surface area contributed by atoms with Gasteiger partial charge in [-0.2, -0.15) is 4.72 Å². The summed E-state index contributed by atoms with van der Waals surface area (Å²) in [5, 5.41) is 2.69. The summed E-state index contributed by atoms with van der Waals surface area (Å²) in [6.45, 7) is 5.48. The van der Waals surface area contributed by atoms with Gasteiger partial charge >= 0.3 is 5.97 Å². The standard InChI is InChI=1S/C16H22N2O5S/c1-9(2)7-14(16(20)23-4)18-24(21,22)11-5-6-13-12(8-11)10(3)15(19)17-13/h5-6,8-10,14,18H,7H2,1-4H3,(H,17,19)/t10-,14-/m1/s1. The van der Waals surface area contributed by atoms with Gasteiger partial charge in [0.15, 0.2) is 0 Å². The predicted molar refractivity (Wildman–Crippen MR) is 89.1 cm³/mol. The van der Waals surface area contributed by atoms with Crippen LogP contribution in [0.4, 0.5) is 5.69 Å². The minimum Gasteiger partial charge on any atom is -0.468 e. The van der Waals surface area contributed by atoms with Gasteiger partial charge in [-0.15, -0.1) is 0 Å². The number of hydrogen-bond donors (Lipinski definition) is 2. The highest BCUT2D eigenvalue weighted by atomic mass is 32.2. The molecule has 8 heteroatoms. The second-order valence-corrected chi connectivity index (χ2v) is 8.00. The summed E-state index contributed by atoms with van der Waals surface area (Å²) in [5.41, 5.74) is 1.24. The first-order chi connectivity index (χ1) is 11.2. The summed E-state index contributed by atoms with van der Waals surface area (Å²) in [6, 6.07) is 3.47. The van der Waals surface area contributed by atoms with Crippen LogP contribution >= 0.6 is 0 Å². The van der Waals surface area contributed by atoms with Crippen LogP contribution in [-0.4, -0.2) is 33.4 Å². The number of anilines is 1. The van der Waals surface area contributed by atoms with Crippen molar-refractivity contribution < 1.29 is 22.7 Å². The molecule has 0 aliphatic carbocycles. The number of esters is 1. The Bertz CT molecular complexity index is 758. The number of carbonyl (C=O) groups excluding carboxylic acids is 2. The summed E-state index contributed by atoms with van der Waals surface area (Å²) in [5.74, 6) is -1.10. The van der Waals surface area contributed by atoms with Gasteiger partial charge in [0, 0.05) is 5.69 Å². The van der Waals surface area contributed by atoms with E-state index in [2.05, 4.69) is 14.8 Å². The first kappa shape index (κ1) is 18.4. The number of fused-ring (bicyclic) bond motifs is 1. The third-order valence-corrected chi connectivity index (χ3v) is 5.41. The molecule has 0 unspecified atom stereocenters. The summed E-state index contributed by atoms with van der Waals surface area (Å²) in [7, 11) is -2.69. The Morgan fingerprint density at radius 3 is 2.62 bits per heavy atom. The van der Waals surface area contributed by atoms with Crippen LogP contribution in [0.3, 0.4) is 0 Å². The molecule has 1 aromatic rings. The molecule has 1 heterocycles. The molecule has 2 N–H and O–H groups in total. The highest BCUT2D eigenvalue weighted by molar-refractivity contribution is 7.89. The van der Waals surface area contributed by atoms with Gasteiger partial charge in [0.05, 0.1) is 17.9 Å². The zero-order chi connectivity index (χ0) is 18.1. The van der Waals surface area contributed by atoms with Crippen molar-refractivity contribution >= 4 is 27.6 Å². The SMILES string of the molecule is COC(=O)[C@@H](CC(C)C)NS(=O)(=O)c1ccc2c(c1)[C@@H](C)C(=O)N2. The number of sulfonamides is 1. The molecule has 0 fully saturated rings. The van der Waals surface area contributed by atoms with Gasteiger partial charge in [0.1, 0.15) is 6.04 Å². The zero-order valence-electron chi connectivity index (χ0n) is 14.1. The monoisotopic (exact) mass is 354 g/mol. The van der Waals surface area contributed by atoms with Gasteiger partial charge in [0.2, 0.25) is 15.9 Å². The molecule has 132 valence electrons. The molecule has 2 atom stereocenters. The van der Waals surface area contributed by atoms with Gasteiger partial charge in [-0.3, -0.25) is 9.59 Å². The first-order valence-corrected chi connectivity index (χ1v) is 9.19. The fourth-order valence-corrected chi connectivity index (χ4v) is 3.86. The molecule has 1 amide bonds. The average molecular weight is 354 g/mol. The average Bonchev–Trinajstić information content (AvgIpc) is 2.79. The van der Waals surface area contributed by atoms with Crippen LogP contribution in [0.25, 0.3) is 0 Å². The van der Waals surface area contributed by atoms with E-state index in [9.17, 15) is 18.0 Å². The van der Waals surface area contributed by atoms with Gasteiger partial charge in [0.25, 0.3) is 0 Å². The Morgan fingerprint density at radius 2 is 2.04 bits per heavy atom. The van der Waals surface area contributed by atoms with E-state index < -0.39 is 28.0 Å². The summed E-state index contributed by atoms with van der Waals surface area (Å²) >= 11 is 0. The third kappa shape index (κ3) is 3.76. The molecule has 1 aromatic carbocycles. The van der Waals surface area contributed by atoms with Crippen molar-refractivity contribution in [3.63, 3.8) is 0 Å². The highest BCUT2D eigenvalue weighted by Gasteiger charge is 2.31. The Hall–Kier alpha value is -1.93. The van der Waals surface area contributed by atoms with Crippen molar-refractivity contribution in [2.24, 2.45) is 5.92 Å². The third-order valence-electron chi connectivity index (χ3n) is 3.94. The minimum atomic E-state index is -3.91. The van der Waals surface area contributed by atoms with Gasteiger partial charge in [-0.1, -0.05) is 13.8 Å². The fraction of sp³-hybridized carbons (Fsp3) is 0.500. The van der Waals surface area contributed by atoms with Crippen molar-refractivity contribution in [3.05, 3.63) is 23.8 Å². The van der Waals surface area contributed by atoms with Crippen LogP contribution in [0, 0.1) is 5.92 Å². The van der Waals surface area contributed by atoms with Gasteiger partial charge in [-0.05, 0) is 43.0 Å². The molecule has 24 heavy (non-hydrogen) atoms. The molecular weight excluding hydrogens is 332 g/mol. The molecule has 0 spiro atoms. The van der Waals surface area contributed by atoms with Crippen LogP contribution in [0.15, 0.2) is 23.1 Å². The molecule has 1 aliphatic heterocycles. The number of carbonyl (C=O) groups is 2. The summed E-state index contributed by atoms with van der Waals surface area (Å²) < 4.78 is 32.3. The molecule has 0 radical (unpaired) electrons. The van der Waals surface area contributed by atoms with E-state index in [1.165, 1.54) is 19.2 Å². The van der Waals surface area contributed by atoms with Crippen molar-refractivity contribution in [2.45, 2.75) is 44.0 Å². The van der Waals surface area contributed by atoms with Crippen LogP contribution in [0.1, 0.15) is 38.7 Å². The van der Waals surface area contributed by atoms with E-state index in [0.29, 0.717) is 17.7 Å². The molecule has 0 saturated carbocycles. The lowest BCUT2D eigenvalue weighted by Crippen LogP contribution is -2.42. The van der Waals surface area contributed by atoms with E-state index in [1.807, 2.05) is 13.8 Å². The van der Waals surface area contributed by atoms with Gasteiger partial charge in [-0.25, -0.2) is 8.42 Å². The van der Waals surface area contributed by atoms with E-state index >= 15 is 0 Å². The van der Waals surface area contributed by atoms with E-state index in [-0.39, 0.29) is 16.7 Å². The van der Waals surface area contributed by atoms with E-state index in [0.717, 1.165) is 0 Å². The number of ether oxygens (including phenoxy) is 1. The van der Waals surface area contributed by atoms with Crippen LogP contribution in [0.2, 0.25) is 0 Å². The quantitative estimate of drug-likeness (QED) is 0.756. The maximum Gasteiger partial charge on any atom is 0.323 e. The smallest absolute Gasteiger partial charge is 0.323 e.